The molecular formula is C11H22N2O2. The van der Waals surface area contributed by atoms with Gasteiger partial charge in [0.15, 0.2) is 0 Å². The summed E-state index contributed by atoms with van der Waals surface area (Å²) in [6, 6.07) is 0. The standard InChI is InChI=1S/C11H22N2O2/c1-4-15-10(14)8-11(12-2)6-5-7-13(3)9-11/h12H,4-9H2,1-3H3. The molecule has 0 amide bonds. The zero-order valence-corrected chi connectivity index (χ0v) is 10.0. The van der Waals surface area contributed by atoms with E-state index in [1.54, 1.807) is 0 Å². The summed E-state index contributed by atoms with van der Waals surface area (Å²) in [5.74, 6) is -0.0952. The minimum absolute atomic E-state index is 0.0841. The Morgan fingerprint density at radius 1 is 1.60 bits per heavy atom. The van der Waals surface area contributed by atoms with Gasteiger partial charge in [-0.05, 0) is 40.4 Å². The van der Waals surface area contributed by atoms with Crippen molar-refractivity contribution in [2.45, 2.75) is 31.7 Å². The normalized spacial score (nSPS) is 27.7. The fourth-order valence-corrected chi connectivity index (χ4v) is 2.29. The Labute approximate surface area is 92.0 Å². The second kappa shape index (κ2) is 5.47. The molecule has 1 rings (SSSR count). The SMILES string of the molecule is CCOC(=O)CC1(NC)CCCN(C)C1. The first-order valence-electron chi connectivity index (χ1n) is 5.65. The van der Waals surface area contributed by atoms with E-state index in [0.29, 0.717) is 13.0 Å². The Hall–Kier alpha value is -0.610. The predicted molar refractivity (Wildman–Crippen MR) is 59.8 cm³/mol. The monoisotopic (exact) mass is 214 g/mol. The highest BCUT2D eigenvalue weighted by molar-refractivity contribution is 5.71. The first kappa shape index (κ1) is 12.5. The Morgan fingerprint density at radius 2 is 2.33 bits per heavy atom. The number of rotatable bonds is 4. The van der Waals surface area contributed by atoms with E-state index in [2.05, 4.69) is 17.3 Å². The second-order valence-electron chi connectivity index (χ2n) is 4.35. The number of carbonyl (C=O) groups excluding carboxylic acids is 1. The van der Waals surface area contributed by atoms with Crippen molar-refractivity contribution in [3.8, 4) is 0 Å². The molecule has 0 aliphatic carbocycles. The molecule has 0 aromatic rings. The van der Waals surface area contributed by atoms with E-state index in [0.717, 1.165) is 25.9 Å². The van der Waals surface area contributed by atoms with Gasteiger partial charge >= 0.3 is 5.97 Å². The average Bonchev–Trinajstić information content (AvgIpc) is 2.18. The van der Waals surface area contributed by atoms with Gasteiger partial charge in [0.25, 0.3) is 0 Å². The smallest absolute Gasteiger partial charge is 0.307 e. The third kappa shape index (κ3) is 3.47. The van der Waals surface area contributed by atoms with E-state index >= 15 is 0 Å². The number of nitrogens with one attached hydrogen (secondary N) is 1. The molecule has 0 aromatic carbocycles. The van der Waals surface area contributed by atoms with Gasteiger partial charge in [-0.2, -0.15) is 0 Å². The number of hydrogen-bond acceptors (Lipinski definition) is 4. The van der Waals surface area contributed by atoms with Crippen LogP contribution in [0.1, 0.15) is 26.2 Å². The predicted octanol–water partition coefficient (Wildman–Crippen LogP) is 0.623. The lowest BCUT2D eigenvalue weighted by molar-refractivity contribution is -0.145. The van der Waals surface area contributed by atoms with Crippen LogP contribution in [0.5, 0.6) is 0 Å². The van der Waals surface area contributed by atoms with Crippen molar-refractivity contribution < 1.29 is 9.53 Å². The van der Waals surface area contributed by atoms with Gasteiger partial charge in [0.1, 0.15) is 0 Å². The van der Waals surface area contributed by atoms with Crippen molar-refractivity contribution in [3.63, 3.8) is 0 Å². The van der Waals surface area contributed by atoms with Crippen LogP contribution in [0.25, 0.3) is 0 Å². The molecule has 88 valence electrons. The van der Waals surface area contributed by atoms with Crippen LogP contribution in [-0.4, -0.2) is 50.2 Å². The maximum Gasteiger partial charge on any atom is 0.307 e. The highest BCUT2D eigenvalue weighted by Gasteiger charge is 2.35. The van der Waals surface area contributed by atoms with Gasteiger partial charge in [-0.15, -0.1) is 0 Å². The van der Waals surface area contributed by atoms with Crippen LogP contribution in [0, 0.1) is 0 Å². The van der Waals surface area contributed by atoms with Crippen LogP contribution >= 0.6 is 0 Å². The topological polar surface area (TPSA) is 41.6 Å². The number of likely N-dealkylation sites (N-methyl/N-ethyl adjacent to an activating group) is 2. The molecule has 1 saturated heterocycles. The number of nitrogens with zero attached hydrogens (tertiary/aromatic N) is 1. The van der Waals surface area contributed by atoms with Crippen molar-refractivity contribution in [3.05, 3.63) is 0 Å². The maximum atomic E-state index is 11.5. The van der Waals surface area contributed by atoms with Gasteiger partial charge in [0, 0.05) is 12.1 Å². The second-order valence-corrected chi connectivity index (χ2v) is 4.35. The van der Waals surface area contributed by atoms with E-state index in [-0.39, 0.29) is 11.5 Å². The third-order valence-electron chi connectivity index (χ3n) is 3.09. The summed E-state index contributed by atoms with van der Waals surface area (Å²) < 4.78 is 5.01. The molecule has 0 aromatic heterocycles. The fourth-order valence-electron chi connectivity index (χ4n) is 2.29. The summed E-state index contributed by atoms with van der Waals surface area (Å²) in [5.41, 5.74) is -0.0841. The number of carbonyl (C=O) groups is 1. The summed E-state index contributed by atoms with van der Waals surface area (Å²) in [5, 5.41) is 3.29. The van der Waals surface area contributed by atoms with Crippen molar-refractivity contribution >= 4 is 5.97 Å². The number of esters is 1. The van der Waals surface area contributed by atoms with E-state index in [1.807, 2.05) is 14.0 Å². The molecule has 1 unspecified atom stereocenters. The quantitative estimate of drug-likeness (QED) is 0.697. The number of piperidine rings is 1. The number of likely N-dealkylation sites (tertiary alicyclic amines) is 1. The summed E-state index contributed by atoms with van der Waals surface area (Å²) in [4.78, 5) is 13.8. The molecule has 1 aliphatic heterocycles. The zero-order chi connectivity index (χ0) is 11.3. The summed E-state index contributed by atoms with van der Waals surface area (Å²) in [6.45, 7) is 4.35. The number of hydrogen-bond donors (Lipinski definition) is 1. The number of ether oxygens (including phenoxy) is 1. The van der Waals surface area contributed by atoms with Crippen LogP contribution in [0.15, 0.2) is 0 Å². The third-order valence-corrected chi connectivity index (χ3v) is 3.09. The van der Waals surface area contributed by atoms with Crippen molar-refractivity contribution in [1.82, 2.24) is 10.2 Å². The molecule has 1 N–H and O–H groups in total. The Kier molecular flexibility index (Phi) is 4.54. The minimum Gasteiger partial charge on any atom is -0.466 e. The molecule has 0 radical (unpaired) electrons. The average molecular weight is 214 g/mol. The van der Waals surface area contributed by atoms with Gasteiger partial charge in [-0.3, -0.25) is 4.79 Å². The molecule has 0 spiro atoms. The summed E-state index contributed by atoms with van der Waals surface area (Å²) >= 11 is 0. The zero-order valence-electron chi connectivity index (χ0n) is 10.0. The van der Waals surface area contributed by atoms with Gasteiger partial charge in [-0.25, -0.2) is 0 Å². The lowest BCUT2D eigenvalue weighted by Gasteiger charge is -2.40. The first-order valence-corrected chi connectivity index (χ1v) is 5.65. The highest BCUT2D eigenvalue weighted by atomic mass is 16.5. The van der Waals surface area contributed by atoms with Crippen LogP contribution in [0.4, 0.5) is 0 Å². The molecular weight excluding hydrogens is 192 g/mol. The van der Waals surface area contributed by atoms with Crippen LogP contribution in [0.2, 0.25) is 0 Å². The lowest BCUT2D eigenvalue weighted by Crippen LogP contribution is -2.56. The van der Waals surface area contributed by atoms with Gasteiger partial charge in [0.2, 0.25) is 0 Å². The maximum absolute atomic E-state index is 11.5. The van der Waals surface area contributed by atoms with Crippen LogP contribution < -0.4 is 5.32 Å². The first-order chi connectivity index (χ1) is 7.12. The molecule has 4 heteroatoms. The van der Waals surface area contributed by atoms with Gasteiger partial charge in [0.05, 0.1) is 13.0 Å². The largest absolute Gasteiger partial charge is 0.466 e. The summed E-state index contributed by atoms with van der Waals surface area (Å²) in [7, 11) is 4.02. The fraction of sp³-hybridized carbons (Fsp3) is 0.909. The Balaban J connectivity index is 2.55. The minimum atomic E-state index is -0.0952. The molecule has 15 heavy (non-hydrogen) atoms. The van der Waals surface area contributed by atoms with E-state index in [1.165, 1.54) is 0 Å². The molecule has 1 aliphatic rings. The van der Waals surface area contributed by atoms with Crippen molar-refractivity contribution in [2.24, 2.45) is 0 Å². The van der Waals surface area contributed by atoms with E-state index < -0.39 is 0 Å². The van der Waals surface area contributed by atoms with Gasteiger partial charge < -0.3 is 15.0 Å². The van der Waals surface area contributed by atoms with Gasteiger partial charge in [-0.1, -0.05) is 0 Å². The van der Waals surface area contributed by atoms with Crippen molar-refractivity contribution in [2.75, 3.05) is 33.8 Å². The summed E-state index contributed by atoms with van der Waals surface area (Å²) in [6.07, 6.45) is 2.66. The molecule has 4 nitrogen and oxygen atoms in total. The highest BCUT2D eigenvalue weighted by Crippen LogP contribution is 2.23. The van der Waals surface area contributed by atoms with Crippen molar-refractivity contribution in [1.29, 1.82) is 0 Å². The Bertz CT molecular complexity index is 221. The van der Waals surface area contributed by atoms with E-state index in [9.17, 15) is 4.79 Å². The molecule has 1 atom stereocenters. The van der Waals surface area contributed by atoms with Crippen LogP contribution in [-0.2, 0) is 9.53 Å². The molecule has 1 fully saturated rings. The molecule has 0 bridgehead atoms. The molecule has 1 heterocycles. The Morgan fingerprint density at radius 3 is 2.87 bits per heavy atom. The lowest BCUT2D eigenvalue weighted by atomic mass is 9.86. The molecule has 0 saturated carbocycles. The van der Waals surface area contributed by atoms with Crippen LogP contribution in [0.3, 0.4) is 0 Å². The van der Waals surface area contributed by atoms with E-state index in [4.69, 9.17) is 4.74 Å².